The van der Waals surface area contributed by atoms with E-state index in [1.54, 1.807) is 12.1 Å². The Morgan fingerprint density at radius 3 is 2.28 bits per heavy atom. The average Bonchev–Trinajstić information content (AvgIpc) is 2.71. The van der Waals surface area contributed by atoms with E-state index < -0.39 is 0 Å². The minimum absolute atomic E-state index is 0.00646. The fourth-order valence-corrected chi connectivity index (χ4v) is 3.52. The van der Waals surface area contributed by atoms with E-state index in [-0.39, 0.29) is 11.8 Å². The summed E-state index contributed by atoms with van der Waals surface area (Å²) in [5, 5.41) is 2.93. The topological polar surface area (TPSA) is 52.7 Å². The highest BCUT2D eigenvalue weighted by atomic mass is 16.2. The van der Waals surface area contributed by atoms with Crippen LogP contribution in [0.25, 0.3) is 0 Å². The highest BCUT2D eigenvalue weighted by Gasteiger charge is 2.20. The Morgan fingerprint density at radius 2 is 1.62 bits per heavy atom. The van der Waals surface area contributed by atoms with E-state index in [0.717, 1.165) is 44.7 Å². The summed E-state index contributed by atoms with van der Waals surface area (Å²) in [7, 11) is 2.07. The lowest BCUT2D eigenvalue weighted by molar-refractivity contribution is -0.116. The van der Waals surface area contributed by atoms with Crippen molar-refractivity contribution < 1.29 is 9.59 Å². The van der Waals surface area contributed by atoms with E-state index in [9.17, 15) is 9.59 Å². The summed E-state index contributed by atoms with van der Waals surface area (Å²) >= 11 is 0. The number of amides is 2. The number of nitrogens with one attached hydrogen (secondary N) is 1. The second kappa shape index (κ2) is 9.70. The second-order valence-electron chi connectivity index (χ2n) is 7.99. The molecule has 1 heterocycles. The Morgan fingerprint density at radius 1 is 0.931 bits per heavy atom. The molecule has 154 valence electrons. The fourth-order valence-electron chi connectivity index (χ4n) is 3.52. The third kappa shape index (κ3) is 5.91. The van der Waals surface area contributed by atoms with Crippen LogP contribution in [0, 0.1) is 13.8 Å². The van der Waals surface area contributed by atoms with Crippen molar-refractivity contribution in [1.29, 1.82) is 0 Å². The molecule has 0 unspecified atom stereocenters. The van der Waals surface area contributed by atoms with Gasteiger partial charge in [0.15, 0.2) is 0 Å². The van der Waals surface area contributed by atoms with Crippen molar-refractivity contribution in [1.82, 2.24) is 9.80 Å². The number of hydrogen-bond acceptors (Lipinski definition) is 3. The number of nitrogens with zero attached hydrogens (tertiary/aromatic N) is 2. The van der Waals surface area contributed by atoms with Gasteiger partial charge < -0.3 is 15.1 Å². The lowest BCUT2D eigenvalue weighted by Gasteiger charge is -2.32. The number of carbonyl (C=O) groups excluding carboxylic acids is 2. The quantitative estimate of drug-likeness (QED) is 0.815. The summed E-state index contributed by atoms with van der Waals surface area (Å²) in [6.07, 6.45) is 2.19. The predicted molar refractivity (Wildman–Crippen MR) is 117 cm³/mol. The number of carbonyl (C=O) groups is 2. The SMILES string of the molecule is Cc1ccc(CCCC(=O)Nc2ccc(C(=O)N3CCN(C)CC3)cc2)cc1C. The summed E-state index contributed by atoms with van der Waals surface area (Å²) in [5.74, 6) is 0.0661. The molecule has 1 aliphatic heterocycles. The standard InChI is InChI=1S/C24H31N3O2/c1-18-7-8-20(17-19(18)2)5-4-6-23(28)25-22-11-9-21(10-12-22)24(29)27-15-13-26(3)14-16-27/h7-12,17H,4-6,13-16H2,1-3H3,(H,25,28). The molecular formula is C24H31N3O2. The summed E-state index contributed by atoms with van der Waals surface area (Å²) in [6.45, 7) is 7.55. The molecule has 0 aromatic heterocycles. The van der Waals surface area contributed by atoms with Gasteiger partial charge in [0.1, 0.15) is 0 Å². The molecule has 2 amide bonds. The highest BCUT2D eigenvalue weighted by Crippen LogP contribution is 2.15. The molecule has 1 aliphatic rings. The van der Waals surface area contributed by atoms with Crippen LogP contribution in [0.2, 0.25) is 0 Å². The molecule has 3 rings (SSSR count). The zero-order valence-electron chi connectivity index (χ0n) is 17.7. The number of rotatable bonds is 6. The molecule has 1 fully saturated rings. The number of hydrogen-bond donors (Lipinski definition) is 1. The minimum Gasteiger partial charge on any atom is -0.336 e. The van der Waals surface area contributed by atoms with Crippen LogP contribution in [0.1, 0.15) is 39.9 Å². The first-order valence-corrected chi connectivity index (χ1v) is 10.4. The van der Waals surface area contributed by atoms with Gasteiger partial charge in [-0.05, 0) is 74.7 Å². The molecule has 0 bridgehead atoms. The monoisotopic (exact) mass is 393 g/mol. The van der Waals surface area contributed by atoms with Crippen molar-refractivity contribution in [3.63, 3.8) is 0 Å². The number of aryl methyl sites for hydroxylation is 3. The second-order valence-corrected chi connectivity index (χ2v) is 7.99. The minimum atomic E-state index is 0.00646. The largest absolute Gasteiger partial charge is 0.336 e. The van der Waals surface area contributed by atoms with Gasteiger partial charge in [-0.15, -0.1) is 0 Å². The van der Waals surface area contributed by atoms with Gasteiger partial charge in [0, 0.05) is 43.9 Å². The van der Waals surface area contributed by atoms with E-state index >= 15 is 0 Å². The zero-order chi connectivity index (χ0) is 20.8. The predicted octanol–water partition coefficient (Wildman–Crippen LogP) is 3.65. The Balaban J connectivity index is 1.45. The van der Waals surface area contributed by atoms with Crippen LogP contribution in [0.5, 0.6) is 0 Å². The van der Waals surface area contributed by atoms with Crippen molar-refractivity contribution in [2.45, 2.75) is 33.1 Å². The van der Waals surface area contributed by atoms with Gasteiger partial charge >= 0.3 is 0 Å². The van der Waals surface area contributed by atoms with Gasteiger partial charge in [-0.25, -0.2) is 0 Å². The number of likely N-dealkylation sites (N-methyl/N-ethyl adjacent to an activating group) is 1. The third-order valence-corrected chi connectivity index (χ3v) is 5.65. The maximum absolute atomic E-state index is 12.6. The van der Waals surface area contributed by atoms with Crippen molar-refractivity contribution in [3.8, 4) is 0 Å². The van der Waals surface area contributed by atoms with Gasteiger partial charge in [0.25, 0.3) is 5.91 Å². The van der Waals surface area contributed by atoms with Gasteiger partial charge in [0.05, 0.1) is 0 Å². The van der Waals surface area contributed by atoms with Crippen LogP contribution >= 0.6 is 0 Å². The number of anilines is 1. The molecule has 2 aromatic carbocycles. The highest BCUT2D eigenvalue weighted by molar-refractivity contribution is 5.95. The molecule has 1 saturated heterocycles. The van der Waals surface area contributed by atoms with Gasteiger partial charge in [-0.3, -0.25) is 9.59 Å². The Hall–Kier alpha value is -2.66. The van der Waals surface area contributed by atoms with Crippen molar-refractivity contribution >= 4 is 17.5 Å². The first-order valence-electron chi connectivity index (χ1n) is 10.4. The number of piperazine rings is 1. The average molecular weight is 394 g/mol. The fraction of sp³-hybridized carbons (Fsp3) is 0.417. The first-order chi connectivity index (χ1) is 13.9. The first kappa shape index (κ1) is 21.1. The summed E-state index contributed by atoms with van der Waals surface area (Å²) in [5.41, 5.74) is 5.25. The van der Waals surface area contributed by atoms with E-state index in [1.807, 2.05) is 17.0 Å². The van der Waals surface area contributed by atoms with E-state index in [0.29, 0.717) is 12.0 Å². The molecule has 0 saturated carbocycles. The van der Waals surface area contributed by atoms with Crippen LogP contribution in [-0.2, 0) is 11.2 Å². The smallest absolute Gasteiger partial charge is 0.253 e. The Bertz CT molecular complexity index is 853. The normalized spacial score (nSPS) is 14.7. The molecule has 29 heavy (non-hydrogen) atoms. The lowest BCUT2D eigenvalue weighted by Crippen LogP contribution is -2.47. The molecule has 0 atom stereocenters. The maximum Gasteiger partial charge on any atom is 0.253 e. The molecule has 0 spiro atoms. The van der Waals surface area contributed by atoms with Crippen molar-refractivity contribution in [2.75, 3.05) is 38.5 Å². The Labute approximate surface area is 173 Å². The molecule has 5 heteroatoms. The van der Waals surface area contributed by atoms with Gasteiger partial charge in [-0.1, -0.05) is 18.2 Å². The summed E-state index contributed by atoms with van der Waals surface area (Å²) < 4.78 is 0. The third-order valence-electron chi connectivity index (χ3n) is 5.65. The number of benzene rings is 2. The molecule has 0 radical (unpaired) electrons. The van der Waals surface area contributed by atoms with Crippen LogP contribution < -0.4 is 5.32 Å². The lowest BCUT2D eigenvalue weighted by atomic mass is 10.0. The zero-order valence-corrected chi connectivity index (χ0v) is 17.7. The van der Waals surface area contributed by atoms with Gasteiger partial charge in [0.2, 0.25) is 5.91 Å². The molecular weight excluding hydrogens is 362 g/mol. The van der Waals surface area contributed by atoms with Crippen molar-refractivity contribution in [3.05, 3.63) is 64.7 Å². The van der Waals surface area contributed by atoms with Gasteiger partial charge in [-0.2, -0.15) is 0 Å². The molecule has 2 aromatic rings. The summed E-state index contributed by atoms with van der Waals surface area (Å²) in [6, 6.07) is 13.7. The van der Waals surface area contributed by atoms with Crippen LogP contribution in [0.3, 0.4) is 0 Å². The van der Waals surface area contributed by atoms with Crippen molar-refractivity contribution in [2.24, 2.45) is 0 Å². The van der Waals surface area contributed by atoms with Crippen LogP contribution in [0.4, 0.5) is 5.69 Å². The van der Waals surface area contributed by atoms with Crippen LogP contribution in [-0.4, -0.2) is 54.8 Å². The van der Waals surface area contributed by atoms with Crippen LogP contribution in [0.15, 0.2) is 42.5 Å². The summed E-state index contributed by atoms with van der Waals surface area (Å²) in [4.78, 5) is 28.9. The van der Waals surface area contributed by atoms with E-state index in [2.05, 4.69) is 49.3 Å². The van der Waals surface area contributed by atoms with E-state index in [4.69, 9.17) is 0 Å². The molecule has 5 nitrogen and oxygen atoms in total. The maximum atomic E-state index is 12.6. The Kier molecular flexibility index (Phi) is 7.04. The molecule has 0 aliphatic carbocycles. The van der Waals surface area contributed by atoms with E-state index in [1.165, 1.54) is 16.7 Å². The molecule has 1 N–H and O–H groups in total.